The van der Waals surface area contributed by atoms with Crippen LogP contribution in [0.4, 0.5) is 4.79 Å². The second kappa shape index (κ2) is 8.80. The molecule has 2 fully saturated rings. The molecule has 1 N–H and O–H groups in total. The molecule has 1 saturated carbocycles. The van der Waals surface area contributed by atoms with E-state index in [1.807, 2.05) is 71.6 Å². The fourth-order valence-corrected chi connectivity index (χ4v) is 7.39. The molecule has 7 rings (SSSR count). The summed E-state index contributed by atoms with van der Waals surface area (Å²) >= 11 is 0. The zero-order valence-electron chi connectivity index (χ0n) is 20.7. The number of hydrogen-bond acceptors (Lipinski definition) is 5. The van der Waals surface area contributed by atoms with E-state index < -0.39 is 6.10 Å². The lowest BCUT2D eigenvalue weighted by Crippen LogP contribution is -2.67. The highest BCUT2D eigenvalue weighted by Gasteiger charge is 2.66. The third-order valence-corrected chi connectivity index (χ3v) is 8.95. The molecular weight excluding hydrogens is 466 g/mol. The number of likely N-dealkylation sites (tertiary alicyclic amines) is 1. The molecule has 1 amide bonds. The number of nitrogens with zero attached hydrogens (tertiary/aromatic N) is 1. The number of hydrogen-bond donors (Lipinski definition) is 1. The molecule has 37 heavy (non-hydrogen) atoms. The molecule has 1 saturated heterocycles. The van der Waals surface area contributed by atoms with Crippen molar-refractivity contribution in [2.45, 2.75) is 62.6 Å². The van der Waals surface area contributed by atoms with Crippen LogP contribution in [0.2, 0.25) is 0 Å². The highest BCUT2D eigenvalue weighted by atomic mass is 16.6. The van der Waals surface area contributed by atoms with Gasteiger partial charge in [0.15, 0.2) is 11.5 Å². The van der Waals surface area contributed by atoms with Crippen molar-refractivity contribution in [3.05, 3.63) is 95.1 Å². The third-order valence-electron chi connectivity index (χ3n) is 8.95. The van der Waals surface area contributed by atoms with E-state index in [4.69, 9.17) is 14.2 Å². The predicted molar refractivity (Wildman–Crippen MR) is 137 cm³/mol. The van der Waals surface area contributed by atoms with Gasteiger partial charge in [0.05, 0.1) is 6.10 Å². The Morgan fingerprint density at radius 3 is 2.46 bits per heavy atom. The van der Waals surface area contributed by atoms with Gasteiger partial charge in [-0.05, 0) is 54.4 Å². The Balaban J connectivity index is 1.19. The van der Waals surface area contributed by atoms with Gasteiger partial charge in [0, 0.05) is 23.6 Å². The molecule has 4 aliphatic rings. The Kier molecular flexibility index (Phi) is 5.39. The third kappa shape index (κ3) is 3.53. The number of benzene rings is 3. The van der Waals surface area contributed by atoms with Crippen molar-refractivity contribution in [2.24, 2.45) is 5.92 Å². The topological polar surface area (TPSA) is 68.2 Å². The van der Waals surface area contributed by atoms with Crippen LogP contribution in [0, 0.1) is 5.92 Å². The van der Waals surface area contributed by atoms with E-state index in [1.165, 1.54) is 11.1 Å². The van der Waals surface area contributed by atoms with Crippen molar-refractivity contribution in [3.8, 4) is 11.5 Å². The Labute approximate surface area is 216 Å². The van der Waals surface area contributed by atoms with E-state index in [2.05, 4.69) is 6.07 Å². The zero-order chi connectivity index (χ0) is 25.0. The van der Waals surface area contributed by atoms with Gasteiger partial charge in [-0.15, -0.1) is 0 Å². The summed E-state index contributed by atoms with van der Waals surface area (Å²) in [6, 6.07) is 24.1. The first-order chi connectivity index (χ1) is 18.1. The number of amides is 1. The lowest BCUT2D eigenvalue weighted by Gasteiger charge is -2.58. The smallest absolute Gasteiger partial charge is 0.410 e. The van der Waals surface area contributed by atoms with Gasteiger partial charge in [-0.2, -0.15) is 0 Å². The van der Waals surface area contributed by atoms with E-state index >= 15 is 0 Å². The minimum Gasteiger partial charge on any atom is -0.485 e. The fourth-order valence-electron chi connectivity index (χ4n) is 7.39. The maximum absolute atomic E-state index is 13.3. The van der Waals surface area contributed by atoms with Crippen molar-refractivity contribution in [1.29, 1.82) is 0 Å². The molecule has 3 unspecified atom stereocenters. The molecule has 3 aromatic rings. The summed E-state index contributed by atoms with van der Waals surface area (Å²) in [6.07, 6.45) is 1.95. The minimum absolute atomic E-state index is 0.0326. The van der Waals surface area contributed by atoms with Gasteiger partial charge in [0.2, 0.25) is 0 Å². The predicted octanol–water partition coefficient (Wildman–Crippen LogP) is 5.00. The first-order valence-electron chi connectivity index (χ1n) is 13.3. The molecule has 3 aromatic carbocycles. The van der Waals surface area contributed by atoms with Crippen molar-refractivity contribution in [2.75, 3.05) is 6.54 Å². The normalized spacial score (nSPS) is 28.7. The largest absolute Gasteiger partial charge is 0.485 e. The molecule has 2 heterocycles. The van der Waals surface area contributed by atoms with Crippen LogP contribution in [0.15, 0.2) is 72.8 Å². The zero-order valence-corrected chi connectivity index (χ0v) is 20.7. The molecule has 6 heteroatoms. The average Bonchev–Trinajstić information content (AvgIpc) is 3.29. The quantitative estimate of drug-likeness (QED) is 0.537. The minimum atomic E-state index is -0.534. The molecule has 5 atom stereocenters. The van der Waals surface area contributed by atoms with Gasteiger partial charge >= 0.3 is 6.09 Å². The van der Waals surface area contributed by atoms with Gasteiger partial charge in [-0.1, -0.05) is 66.7 Å². The van der Waals surface area contributed by atoms with Gasteiger partial charge in [0.1, 0.15) is 19.3 Å². The van der Waals surface area contributed by atoms with Gasteiger partial charge < -0.3 is 24.2 Å². The van der Waals surface area contributed by atoms with E-state index in [-0.39, 0.29) is 36.2 Å². The Morgan fingerprint density at radius 1 is 0.973 bits per heavy atom. The number of carbonyl (C=O) groups is 1. The average molecular weight is 498 g/mol. The van der Waals surface area contributed by atoms with Crippen molar-refractivity contribution in [1.82, 2.24) is 4.90 Å². The number of piperidine rings is 1. The summed E-state index contributed by atoms with van der Waals surface area (Å²) in [5.74, 6) is 1.75. The van der Waals surface area contributed by atoms with E-state index in [9.17, 15) is 9.90 Å². The van der Waals surface area contributed by atoms with Gasteiger partial charge in [-0.25, -0.2) is 4.79 Å². The number of rotatable bonds is 5. The van der Waals surface area contributed by atoms with Crippen LogP contribution in [-0.4, -0.2) is 40.9 Å². The summed E-state index contributed by atoms with van der Waals surface area (Å²) in [5.41, 5.74) is 4.19. The summed E-state index contributed by atoms with van der Waals surface area (Å²) < 4.78 is 18.6. The monoisotopic (exact) mass is 497 g/mol. The van der Waals surface area contributed by atoms with Gasteiger partial charge in [-0.3, -0.25) is 0 Å². The summed E-state index contributed by atoms with van der Waals surface area (Å²) in [6.45, 7) is 1.32. The van der Waals surface area contributed by atoms with Crippen molar-refractivity contribution < 1.29 is 24.1 Å². The maximum Gasteiger partial charge on any atom is 0.410 e. The van der Waals surface area contributed by atoms with Gasteiger partial charge in [0.25, 0.3) is 0 Å². The summed E-state index contributed by atoms with van der Waals surface area (Å²) in [5, 5.41) is 11.1. The van der Waals surface area contributed by atoms with Crippen LogP contribution in [0.1, 0.15) is 41.5 Å². The standard InChI is InChI=1S/C31H31NO5/c33-25-13-12-23-24-17-22-11-14-26(35-18-20-7-3-1-4-8-20)28-27(22)31(23,29(25)37-28)15-16-32(24)30(34)36-19-21-9-5-2-6-10-21/h1-11,14,23-25,29,33H,12-13,15-19H2/t23?,24?,25-,29-,31?/m0/s1. The summed E-state index contributed by atoms with van der Waals surface area (Å²) in [4.78, 5) is 15.2. The first-order valence-corrected chi connectivity index (χ1v) is 13.3. The Bertz CT molecular complexity index is 1310. The molecule has 1 spiro atoms. The molecule has 2 aliphatic carbocycles. The van der Waals surface area contributed by atoms with E-state index in [1.54, 1.807) is 0 Å². The molecular formula is C31H31NO5. The van der Waals surface area contributed by atoms with Crippen LogP contribution in [0.5, 0.6) is 11.5 Å². The number of carbonyl (C=O) groups excluding carboxylic acids is 1. The first kappa shape index (κ1) is 22.7. The second-order valence-corrected chi connectivity index (χ2v) is 10.8. The van der Waals surface area contributed by atoms with Crippen LogP contribution < -0.4 is 9.47 Å². The van der Waals surface area contributed by atoms with Crippen LogP contribution in [-0.2, 0) is 29.8 Å². The SMILES string of the molecule is O=C(OCc1ccccc1)N1CCC23c4c5ccc(OCc6ccccc6)c4O[C@H]2[C@@H](O)CCC3C1C5. The van der Waals surface area contributed by atoms with E-state index in [0.717, 1.165) is 41.9 Å². The van der Waals surface area contributed by atoms with Crippen molar-refractivity contribution in [3.63, 3.8) is 0 Å². The lowest BCUT2D eigenvalue weighted by molar-refractivity contribution is -0.100. The highest BCUT2D eigenvalue weighted by molar-refractivity contribution is 5.70. The van der Waals surface area contributed by atoms with E-state index in [0.29, 0.717) is 19.6 Å². The lowest BCUT2D eigenvalue weighted by atomic mass is 9.51. The second-order valence-electron chi connectivity index (χ2n) is 10.8. The molecule has 2 bridgehead atoms. The molecule has 6 nitrogen and oxygen atoms in total. The summed E-state index contributed by atoms with van der Waals surface area (Å²) in [7, 11) is 0. The maximum atomic E-state index is 13.3. The number of aliphatic hydroxyl groups is 1. The van der Waals surface area contributed by atoms with Crippen molar-refractivity contribution >= 4 is 6.09 Å². The number of ether oxygens (including phenoxy) is 3. The number of aliphatic hydroxyl groups excluding tert-OH is 1. The Hall–Kier alpha value is -3.51. The highest BCUT2D eigenvalue weighted by Crippen LogP contribution is 2.64. The molecule has 190 valence electrons. The van der Waals surface area contributed by atoms with Crippen LogP contribution >= 0.6 is 0 Å². The molecule has 2 aliphatic heterocycles. The fraction of sp³-hybridized carbons (Fsp3) is 0.387. The Morgan fingerprint density at radius 2 is 1.70 bits per heavy atom. The van der Waals surface area contributed by atoms with Crippen LogP contribution in [0.25, 0.3) is 0 Å². The molecule has 0 radical (unpaired) electrons. The molecule has 0 aromatic heterocycles. The van der Waals surface area contributed by atoms with Crippen LogP contribution in [0.3, 0.4) is 0 Å².